The molecule has 1 fully saturated rings. The molecular formula is C13H18FNOS. The zero-order valence-electron chi connectivity index (χ0n) is 10.2. The van der Waals surface area contributed by atoms with E-state index in [0.717, 1.165) is 30.3 Å². The molecule has 1 aromatic carbocycles. The molecule has 2 rings (SSSR count). The number of hydrogen-bond acceptors (Lipinski definition) is 3. The first kappa shape index (κ1) is 12.7. The van der Waals surface area contributed by atoms with Crippen molar-refractivity contribution in [3.63, 3.8) is 0 Å². The van der Waals surface area contributed by atoms with E-state index in [1.165, 1.54) is 6.07 Å². The van der Waals surface area contributed by atoms with E-state index in [9.17, 15) is 9.50 Å². The summed E-state index contributed by atoms with van der Waals surface area (Å²) in [7, 11) is 0. The van der Waals surface area contributed by atoms with Crippen LogP contribution in [0.3, 0.4) is 0 Å². The van der Waals surface area contributed by atoms with Crippen LogP contribution in [-0.4, -0.2) is 29.7 Å². The standard InChI is InChI=1S/C13H18FNOS/c1-9-7-13(15-3-5-17-6-4-15)11(10(2)16)8-12(9)14/h7-8,10,16H,3-6H2,1-2H3/t10-/m0/s1. The Balaban J connectivity index is 2.39. The van der Waals surface area contributed by atoms with Crippen LogP contribution >= 0.6 is 11.8 Å². The Labute approximate surface area is 106 Å². The van der Waals surface area contributed by atoms with Crippen LogP contribution in [0.1, 0.15) is 24.2 Å². The molecule has 17 heavy (non-hydrogen) atoms. The summed E-state index contributed by atoms with van der Waals surface area (Å²) in [5, 5.41) is 9.75. The molecule has 1 heterocycles. The van der Waals surface area contributed by atoms with Gasteiger partial charge in [0.25, 0.3) is 0 Å². The highest BCUT2D eigenvalue weighted by molar-refractivity contribution is 7.99. The number of aryl methyl sites for hydroxylation is 1. The minimum Gasteiger partial charge on any atom is -0.389 e. The molecule has 0 aliphatic carbocycles. The number of benzene rings is 1. The van der Waals surface area contributed by atoms with Crippen LogP contribution in [0, 0.1) is 12.7 Å². The van der Waals surface area contributed by atoms with Crippen molar-refractivity contribution in [3.05, 3.63) is 29.1 Å². The number of thioether (sulfide) groups is 1. The number of aliphatic hydroxyl groups is 1. The summed E-state index contributed by atoms with van der Waals surface area (Å²) in [6.45, 7) is 5.39. The van der Waals surface area contributed by atoms with Gasteiger partial charge in [-0.25, -0.2) is 4.39 Å². The summed E-state index contributed by atoms with van der Waals surface area (Å²) < 4.78 is 13.6. The normalized spacial score (nSPS) is 18.2. The average molecular weight is 255 g/mol. The molecule has 0 spiro atoms. The van der Waals surface area contributed by atoms with Crippen molar-refractivity contribution in [1.29, 1.82) is 0 Å². The first-order valence-corrected chi connectivity index (χ1v) is 7.06. The Bertz CT molecular complexity index is 403. The monoisotopic (exact) mass is 255 g/mol. The highest BCUT2D eigenvalue weighted by Gasteiger charge is 2.18. The molecule has 1 saturated heterocycles. The first-order valence-electron chi connectivity index (χ1n) is 5.90. The minimum atomic E-state index is -0.630. The van der Waals surface area contributed by atoms with Crippen LogP contribution in [0.15, 0.2) is 12.1 Å². The number of hydrogen-bond donors (Lipinski definition) is 1. The van der Waals surface area contributed by atoms with E-state index in [2.05, 4.69) is 4.90 Å². The van der Waals surface area contributed by atoms with Crippen LogP contribution in [-0.2, 0) is 0 Å². The number of halogens is 1. The predicted octanol–water partition coefficient (Wildman–Crippen LogP) is 2.74. The third-order valence-corrected chi connectivity index (χ3v) is 4.05. The van der Waals surface area contributed by atoms with E-state index in [1.54, 1.807) is 13.8 Å². The number of anilines is 1. The van der Waals surface area contributed by atoms with Gasteiger partial charge in [-0.1, -0.05) is 0 Å². The van der Waals surface area contributed by atoms with E-state index >= 15 is 0 Å². The van der Waals surface area contributed by atoms with Gasteiger partial charge in [-0.15, -0.1) is 0 Å². The molecule has 94 valence electrons. The molecule has 4 heteroatoms. The topological polar surface area (TPSA) is 23.5 Å². The second kappa shape index (κ2) is 5.27. The molecule has 1 aliphatic heterocycles. The summed E-state index contributed by atoms with van der Waals surface area (Å²) in [6, 6.07) is 3.32. The van der Waals surface area contributed by atoms with E-state index in [4.69, 9.17) is 0 Å². The zero-order chi connectivity index (χ0) is 12.4. The van der Waals surface area contributed by atoms with Gasteiger partial charge in [0.2, 0.25) is 0 Å². The highest BCUT2D eigenvalue weighted by Crippen LogP contribution is 2.30. The van der Waals surface area contributed by atoms with Crippen LogP contribution < -0.4 is 4.90 Å². The average Bonchev–Trinajstić information content (AvgIpc) is 2.33. The Kier molecular flexibility index (Phi) is 3.94. The predicted molar refractivity (Wildman–Crippen MR) is 71.3 cm³/mol. The lowest BCUT2D eigenvalue weighted by Crippen LogP contribution is -2.33. The Hall–Kier alpha value is -0.740. The molecule has 0 radical (unpaired) electrons. The molecule has 0 bridgehead atoms. The van der Waals surface area contributed by atoms with Crippen molar-refractivity contribution >= 4 is 17.4 Å². The van der Waals surface area contributed by atoms with Crippen LogP contribution in [0.25, 0.3) is 0 Å². The summed E-state index contributed by atoms with van der Waals surface area (Å²) in [5.41, 5.74) is 2.32. The Morgan fingerprint density at radius 3 is 2.59 bits per heavy atom. The lowest BCUT2D eigenvalue weighted by molar-refractivity contribution is 0.199. The van der Waals surface area contributed by atoms with Crippen molar-refractivity contribution in [1.82, 2.24) is 0 Å². The van der Waals surface area contributed by atoms with E-state index < -0.39 is 6.10 Å². The SMILES string of the molecule is Cc1cc(N2CCSCC2)c([C@H](C)O)cc1F. The smallest absolute Gasteiger partial charge is 0.126 e. The maximum Gasteiger partial charge on any atom is 0.126 e. The molecule has 2 nitrogen and oxygen atoms in total. The Morgan fingerprint density at radius 2 is 2.00 bits per heavy atom. The molecule has 1 N–H and O–H groups in total. The summed E-state index contributed by atoms with van der Waals surface area (Å²) in [6.07, 6.45) is -0.630. The molecule has 1 aromatic rings. The number of nitrogens with zero attached hydrogens (tertiary/aromatic N) is 1. The van der Waals surface area contributed by atoms with Crippen LogP contribution in [0.2, 0.25) is 0 Å². The fourth-order valence-corrected chi connectivity index (χ4v) is 3.00. The second-order valence-electron chi connectivity index (χ2n) is 4.44. The van der Waals surface area contributed by atoms with Gasteiger partial charge < -0.3 is 10.0 Å². The quantitative estimate of drug-likeness (QED) is 0.879. The molecule has 0 aromatic heterocycles. The van der Waals surface area contributed by atoms with Gasteiger partial charge in [-0.2, -0.15) is 11.8 Å². The fraction of sp³-hybridized carbons (Fsp3) is 0.538. The van der Waals surface area contributed by atoms with Crippen molar-refractivity contribution in [2.75, 3.05) is 29.5 Å². The molecular weight excluding hydrogens is 237 g/mol. The largest absolute Gasteiger partial charge is 0.389 e. The van der Waals surface area contributed by atoms with Gasteiger partial charge in [-0.05, 0) is 31.5 Å². The van der Waals surface area contributed by atoms with E-state index in [1.807, 2.05) is 17.8 Å². The van der Waals surface area contributed by atoms with Gasteiger partial charge in [0.1, 0.15) is 5.82 Å². The number of aliphatic hydroxyl groups excluding tert-OH is 1. The van der Waals surface area contributed by atoms with Crippen molar-refractivity contribution in [2.45, 2.75) is 20.0 Å². The fourth-order valence-electron chi connectivity index (χ4n) is 2.09. The van der Waals surface area contributed by atoms with Gasteiger partial charge in [0.05, 0.1) is 6.10 Å². The summed E-state index contributed by atoms with van der Waals surface area (Å²) >= 11 is 1.94. The van der Waals surface area contributed by atoms with Gasteiger partial charge in [0, 0.05) is 35.8 Å². The lowest BCUT2D eigenvalue weighted by atomic mass is 10.0. The summed E-state index contributed by atoms with van der Waals surface area (Å²) in [5.74, 6) is 1.95. The van der Waals surface area contributed by atoms with E-state index in [0.29, 0.717) is 11.1 Å². The van der Waals surface area contributed by atoms with Gasteiger partial charge in [0.15, 0.2) is 0 Å². The molecule has 0 amide bonds. The maximum atomic E-state index is 13.6. The highest BCUT2D eigenvalue weighted by atomic mass is 32.2. The lowest BCUT2D eigenvalue weighted by Gasteiger charge is -2.31. The van der Waals surface area contributed by atoms with Crippen LogP contribution in [0.4, 0.5) is 10.1 Å². The third-order valence-electron chi connectivity index (χ3n) is 3.11. The van der Waals surface area contributed by atoms with E-state index in [-0.39, 0.29) is 5.82 Å². The summed E-state index contributed by atoms with van der Waals surface area (Å²) in [4.78, 5) is 2.24. The van der Waals surface area contributed by atoms with Crippen LogP contribution in [0.5, 0.6) is 0 Å². The molecule has 1 atom stereocenters. The number of rotatable bonds is 2. The second-order valence-corrected chi connectivity index (χ2v) is 5.66. The first-order chi connectivity index (χ1) is 8.09. The van der Waals surface area contributed by atoms with Crippen molar-refractivity contribution in [3.8, 4) is 0 Å². The molecule has 0 saturated carbocycles. The minimum absolute atomic E-state index is 0.240. The van der Waals surface area contributed by atoms with Crippen molar-refractivity contribution < 1.29 is 9.50 Å². The van der Waals surface area contributed by atoms with Gasteiger partial charge >= 0.3 is 0 Å². The third kappa shape index (κ3) is 2.75. The molecule has 1 aliphatic rings. The van der Waals surface area contributed by atoms with Gasteiger partial charge in [-0.3, -0.25) is 0 Å². The maximum absolute atomic E-state index is 13.6. The van der Waals surface area contributed by atoms with Crippen molar-refractivity contribution in [2.24, 2.45) is 0 Å². The zero-order valence-corrected chi connectivity index (χ0v) is 11.1. The Morgan fingerprint density at radius 1 is 1.35 bits per heavy atom. The molecule has 0 unspecified atom stereocenters.